The van der Waals surface area contributed by atoms with Crippen molar-refractivity contribution < 1.29 is 4.79 Å². The first-order valence-electron chi connectivity index (χ1n) is 5.47. The van der Waals surface area contributed by atoms with Crippen LogP contribution in [0.3, 0.4) is 0 Å². The van der Waals surface area contributed by atoms with Crippen LogP contribution in [-0.4, -0.2) is 6.29 Å². The Labute approximate surface area is 91.8 Å². The molecule has 0 bridgehead atoms. The Morgan fingerprint density at radius 1 is 1.33 bits per heavy atom. The molecular weight excluding hydrogens is 184 g/mol. The van der Waals surface area contributed by atoms with Crippen LogP contribution in [0.1, 0.15) is 32.3 Å². The van der Waals surface area contributed by atoms with Crippen molar-refractivity contribution in [2.24, 2.45) is 5.92 Å². The van der Waals surface area contributed by atoms with Crippen molar-refractivity contribution in [2.45, 2.75) is 26.7 Å². The van der Waals surface area contributed by atoms with Gasteiger partial charge in [0, 0.05) is 6.42 Å². The van der Waals surface area contributed by atoms with Gasteiger partial charge in [-0.1, -0.05) is 50.3 Å². The fraction of sp³-hybridized carbons (Fsp3) is 0.357. The lowest BCUT2D eigenvalue weighted by Gasteiger charge is -2.08. The first-order chi connectivity index (χ1) is 7.27. The van der Waals surface area contributed by atoms with Gasteiger partial charge in [0.25, 0.3) is 0 Å². The van der Waals surface area contributed by atoms with Crippen molar-refractivity contribution >= 4 is 11.9 Å². The van der Waals surface area contributed by atoms with E-state index in [4.69, 9.17) is 0 Å². The summed E-state index contributed by atoms with van der Waals surface area (Å²) in [7, 11) is 0. The Kier molecular flexibility index (Phi) is 4.82. The van der Waals surface area contributed by atoms with E-state index in [1.54, 1.807) is 0 Å². The molecule has 0 spiro atoms. The van der Waals surface area contributed by atoms with Gasteiger partial charge in [-0.2, -0.15) is 0 Å². The van der Waals surface area contributed by atoms with E-state index >= 15 is 0 Å². The predicted octanol–water partition coefficient (Wildman–Crippen LogP) is 3.71. The Balaban J connectivity index is 2.84. The van der Waals surface area contributed by atoms with Crippen LogP contribution in [0.25, 0.3) is 5.57 Å². The van der Waals surface area contributed by atoms with Gasteiger partial charge in [0.15, 0.2) is 0 Å². The second-order valence-electron chi connectivity index (χ2n) is 3.79. The molecule has 1 rings (SSSR count). The van der Waals surface area contributed by atoms with E-state index in [1.807, 2.05) is 18.2 Å². The third kappa shape index (κ3) is 3.70. The Morgan fingerprint density at radius 2 is 2.00 bits per heavy atom. The number of aldehydes is 1. The topological polar surface area (TPSA) is 17.1 Å². The van der Waals surface area contributed by atoms with Gasteiger partial charge < -0.3 is 4.79 Å². The Bertz CT molecular complexity index is 324. The van der Waals surface area contributed by atoms with Crippen LogP contribution in [0.4, 0.5) is 0 Å². The molecule has 0 aliphatic heterocycles. The molecule has 0 aromatic heterocycles. The highest BCUT2D eigenvalue weighted by Gasteiger charge is 2.02. The second kappa shape index (κ2) is 6.18. The van der Waals surface area contributed by atoms with Crippen LogP contribution < -0.4 is 0 Å². The summed E-state index contributed by atoms with van der Waals surface area (Å²) in [6.07, 6.45) is 4.80. The van der Waals surface area contributed by atoms with Gasteiger partial charge in [0.05, 0.1) is 0 Å². The van der Waals surface area contributed by atoms with Crippen molar-refractivity contribution in [1.29, 1.82) is 0 Å². The van der Waals surface area contributed by atoms with E-state index in [0.717, 1.165) is 12.7 Å². The van der Waals surface area contributed by atoms with E-state index < -0.39 is 0 Å². The first kappa shape index (κ1) is 11.7. The fourth-order valence-corrected chi connectivity index (χ4v) is 1.63. The highest BCUT2D eigenvalue weighted by molar-refractivity contribution is 5.66. The summed E-state index contributed by atoms with van der Waals surface area (Å²) in [6, 6.07) is 10.3. The van der Waals surface area contributed by atoms with Gasteiger partial charge in [-0.25, -0.2) is 0 Å². The third-order valence-electron chi connectivity index (χ3n) is 2.48. The molecule has 1 aromatic carbocycles. The lowest BCUT2D eigenvalue weighted by atomic mass is 9.97. The van der Waals surface area contributed by atoms with Gasteiger partial charge >= 0.3 is 0 Å². The number of rotatable bonds is 5. The number of hydrogen-bond acceptors (Lipinski definition) is 1. The lowest BCUT2D eigenvalue weighted by Crippen LogP contribution is -1.93. The molecule has 0 aliphatic carbocycles. The highest BCUT2D eigenvalue weighted by atomic mass is 16.1. The zero-order valence-electron chi connectivity index (χ0n) is 9.44. The lowest BCUT2D eigenvalue weighted by molar-refractivity contribution is -0.108. The van der Waals surface area contributed by atoms with E-state index in [0.29, 0.717) is 12.3 Å². The van der Waals surface area contributed by atoms with Crippen LogP contribution in [0.15, 0.2) is 36.4 Å². The van der Waals surface area contributed by atoms with E-state index in [1.165, 1.54) is 11.1 Å². The van der Waals surface area contributed by atoms with Crippen LogP contribution in [-0.2, 0) is 4.79 Å². The van der Waals surface area contributed by atoms with E-state index in [9.17, 15) is 4.79 Å². The maximum atomic E-state index is 10.4. The minimum absolute atomic E-state index is 0.331. The Hall–Kier alpha value is -1.37. The molecule has 0 amide bonds. The minimum Gasteiger partial charge on any atom is -0.303 e. The van der Waals surface area contributed by atoms with Crippen molar-refractivity contribution in [2.75, 3.05) is 0 Å². The Morgan fingerprint density at radius 3 is 2.53 bits per heavy atom. The van der Waals surface area contributed by atoms with Gasteiger partial charge in [-0.15, -0.1) is 0 Å². The summed E-state index contributed by atoms with van der Waals surface area (Å²) in [5.41, 5.74) is 2.59. The number of benzene rings is 1. The smallest absolute Gasteiger partial charge is 0.120 e. The van der Waals surface area contributed by atoms with Crippen LogP contribution in [0.2, 0.25) is 0 Å². The standard InChI is InChI=1S/C14H18O/c1-3-13(11-12(2)9-10-15)14-7-5-4-6-8-14/h4-8,10-12H,3,9H2,1-2H3/b13-11+. The molecule has 0 aliphatic rings. The van der Waals surface area contributed by atoms with Crippen molar-refractivity contribution in [3.8, 4) is 0 Å². The molecular formula is C14H18O. The molecule has 0 saturated heterocycles. The monoisotopic (exact) mass is 202 g/mol. The van der Waals surface area contributed by atoms with Crippen LogP contribution >= 0.6 is 0 Å². The molecule has 0 saturated carbocycles. The number of allylic oxidation sites excluding steroid dienone is 2. The molecule has 1 atom stereocenters. The third-order valence-corrected chi connectivity index (χ3v) is 2.48. The largest absolute Gasteiger partial charge is 0.303 e. The molecule has 0 fully saturated rings. The number of carbonyl (C=O) groups excluding carboxylic acids is 1. The predicted molar refractivity (Wildman–Crippen MR) is 64.6 cm³/mol. The fourth-order valence-electron chi connectivity index (χ4n) is 1.63. The zero-order chi connectivity index (χ0) is 11.1. The normalized spacial score (nSPS) is 13.6. The first-order valence-corrected chi connectivity index (χ1v) is 5.47. The maximum absolute atomic E-state index is 10.4. The molecule has 80 valence electrons. The second-order valence-corrected chi connectivity index (χ2v) is 3.79. The average Bonchev–Trinajstić information content (AvgIpc) is 2.27. The van der Waals surface area contributed by atoms with Gasteiger partial charge in [-0.05, 0) is 23.5 Å². The van der Waals surface area contributed by atoms with Crippen LogP contribution in [0.5, 0.6) is 0 Å². The van der Waals surface area contributed by atoms with E-state index in [2.05, 4.69) is 32.1 Å². The number of hydrogen-bond donors (Lipinski definition) is 0. The van der Waals surface area contributed by atoms with Crippen LogP contribution in [0, 0.1) is 5.92 Å². The molecule has 15 heavy (non-hydrogen) atoms. The number of carbonyl (C=O) groups is 1. The zero-order valence-corrected chi connectivity index (χ0v) is 9.44. The highest BCUT2D eigenvalue weighted by Crippen LogP contribution is 2.20. The quantitative estimate of drug-likeness (QED) is 0.665. The van der Waals surface area contributed by atoms with Crippen molar-refractivity contribution in [1.82, 2.24) is 0 Å². The minimum atomic E-state index is 0.331. The van der Waals surface area contributed by atoms with Crippen molar-refractivity contribution in [3.05, 3.63) is 42.0 Å². The molecule has 1 heteroatoms. The summed E-state index contributed by atoms with van der Waals surface area (Å²) < 4.78 is 0. The summed E-state index contributed by atoms with van der Waals surface area (Å²) >= 11 is 0. The molecule has 0 heterocycles. The molecule has 0 radical (unpaired) electrons. The molecule has 1 aromatic rings. The summed E-state index contributed by atoms with van der Waals surface area (Å²) in [5, 5.41) is 0. The molecule has 0 N–H and O–H groups in total. The maximum Gasteiger partial charge on any atom is 0.120 e. The summed E-state index contributed by atoms with van der Waals surface area (Å²) in [5.74, 6) is 0.331. The van der Waals surface area contributed by atoms with Crippen molar-refractivity contribution in [3.63, 3.8) is 0 Å². The summed E-state index contributed by atoms with van der Waals surface area (Å²) in [4.78, 5) is 10.4. The van der Waals surface area contributed by atoms with E-state index in [-0.39, 0.29) is 0 Å². The average molecular weight is 202 g/mol. The van der Waals surface area contributed by atoms with Gasteiger partial charge in [-0.3, -0.25) is 0 Å². The van der Waals surface area contributed by atoms with Gasteiger partial charge in [0.2, 0.25) is 0 Å². The molecule has 1 nitrogen and oxygen atoms in total. The van der Waals surface area contributed by atoms with Gasteiger partial charge in [0.1, 0.15) is 6.29 Å². The molecule has 1 unspecified atom stereocenters. The SMILES string of the molecule is CC/C(=C\C(C)CC=O)c1ccccc1. The summed E-state index contributed by atoms with van der Waals surface area (Å²) in [6.45, 7) is 4.22.